The third-order valence-electron chi connectivity index (χ3n) is 3.47. The van der Waals surface area contributed by atoms with E-state index in [-0.39, 0.29) is 6.04 Å². The van der Waals surface area contributed by atoms with Gasteiger partial charge >= 0.3 is 0 Å². The summed E-state index contributed by atoms with van der Waals surface area (Å²) in [6.45, 7) is 5.15. The fraction of sp³-hybridized carbons (Fsp3) is 0.294. The zero-order valence-electron chi connectivity index (χ0n) is 12.3. The topological polar surface area (TPSA) is 37.8 Å². The number of nitrogens with one attached hydrogen (secondary N) is 1. The minimum absolute atomic E-state index is 0.267. The number of aryl methyl sites for hydroxylation is 1. The van der Waals surface area contributed by atoms with Crippen molar-refractivity contribution in [3.8, 4) is 0 Å². The Morgan fingerprint density at radius 1 is 1.24 bits per heavy atom. The van der Waals surface area contributed by atoms with Crippen molar-refractivity contribution in [2.24, 2.45) is 0 Å². The first kappa shape index (κ1) is 14.2. The van der Waals surface area contributed by atoms with Crippen molar-refractivity contribution in [2.75, 3.05) is 6.54 Å². The van der Waals surface area contributed by atoms with Crippen LogP contribution >= 0.6 is 11.3 Å². The average molecular weight is 297 g/mol. The van der Waals surface area contributed by atoms with Gasteiger partial charge < -0.3 is 5.32 Å². The van der Waals surface area contributed by atoms with E-state index < -0.39 is 0 Å². The standard InChI is InChI=1S/C17H19N3S/c1-3-19-15(13-8-12(2)10-18-11-13)9-17-20-14-6-4-5-7-16(14)21-17/h4-8,10-11,15,19H,3,9H2,1-2H3. The van der Waals surface area contributed by atoms with E-state index in [4.69, 9.17) is 4.98 Å². The molecule has 0 amide bonds. The van der Waals surface area contributed by atoms with E-state index in [1.165, 1.54) is 20.8 Å². The number of rotatable bonds is 5. The third kappa shape index (κ3) is 3.28. The van der Waals surface area contributed by atoms with Gasteiger partial charge in [0.25, 0.3) is 0 Å². The van der Waals surface area contributed by atoms with Crippen LogP contribution in [0.4, 0.5) is 0 Å². The molecule has 3 aromatic rings. The molecule has 108 valence electrons. The Morgan fingerprint density at radius 3 is 2.86 bits per heavy atom. The van der Waals surface area contributed by atoms with Gasteiger partial charge in [-0.15, -0.1) is 11.3 Å². The van der Waals surface area contributed by atoms with Crippen LogP contribution in [0.3, 0.4) is 0 Å². The molecule has 0 radical (unpaired) electrons. The lowest BCUT2D eigenvalue weighted by Crippen LogP contribution is -2.23. The molecule has 2 aromatic heterocycles. The molecule has 0 bridgehead atoms. The summed E-state index contributed by atoms with van der Waals surface area (Å²) in [4.78, 5) is 9.06. The van der Waals surface area contributed by atoms with Crippen molar-refractivity contribution in [2.45, 2.75) is 26.3 Å². The molecular formula is C17H19N3S. The highest BCUT2D eigenvalue weighted by Gasteiger charge is 2.14. The second-order valence-corrected chi connectivity index (χ2v) is 6.30. The average Bonchev–Trinajstić information content (AvgIpc) is 2.89. The van der Waals surface area contributed by atoms with Crippen LogP contribution in [0.2, 0.25) is 0 Å². The summed E-state index contributed by atoms with van der Waals surface area (Å²) in [5.41, 5.74) is 3.52. The zero-order chi connectivity index (χ0) is 14.7. The summed E-state index contributed by atoms with van der Waals surface area (Å²) >= 11 is 1.78. The van der Waals surface area contributed by atoms with Crippen molar-refractivity contribution < 1.29 is 0 Å². The molecule has 2 heterocycles. The van der Waals surface area contributed by atoms with Gasteiger partial charge in [0.15, 0.2) is 0 Å². The highest BCUT2D eigenvalue weighted by molar-refractivity contribution is 7.18. The predicted octanol–water partition coefficient (Wildman–Crippen LogP) is 3.89. The van der Waals surface area contributed by atoms with E-state index in [9.17, 15) is 0 Å². The second kappa shape index (κ2) is 6.33. The first-order valence-electron chi connectivity index (χ1n) is 7.25. The molecule has 0 fully saturated rings. The maximum atomic E-state index is 4.74. The molecular weight excluding hydrogens is 278 g/mol. The van der Waals surface area contributed by atoms with Crippen LogP contribution in [0.15, 0.2) is 42.7 Å². The van der Waals surface area contributed by atoms with Gasteiger partial charge in [-0.25, -0.2) is 4.98 Å². The third-order valence-corrected chi connectivity index (χ3v) is 4.52. The summed E-state index contributed by atoms with van der Waals surface area (Å²) in [5.74, 6) is 0. The lowest BCUT2D eigenvalue weighted by Gasteiger charge is -2.17. The molecule has 3 nitrogen and oxygen atoms in total. The van der Waals surface area contributed by atoms with E-state index in [0.29, 0.717) is 0 Å². The van der Waals surface area contributed by atoms with E-state index in [1.54, 1.807) is 11.3 Å². The van der Waals surface area contributed by atoms with Gasteiger partial charge in [0.1, 0.15) is 0 Å². The number of likely N-dealkylation sites (N-methyl/N-ethyl adjacent to an activating group) is 1. The Morgan fingerprint density at radius 2 is 2.10 bits per heavy atom. The normalized spacial score (nSPS) is 12.7. The highest BCUT2D eigenvalue weighted by atomic mass is 32.1. The van der Waals surface area contributed by atoms with Crippen LogP contribution in [-0.4, -0.2) is 16.5 Å². The second-order valence-electron chi connectivity index (χ2n) is 5.19. The fourth-order valence-electron chi connectivity index (χ4n) is 2.51. The largest absolute Gasteiger partial charge is 0.310 e. The molecule has 3 rings (SSSR count). The molecule has 0 aliphatic heterocycles. The van der Waals surface area contributed by atoms with Crippen molar-refractivity contribution in [1.29, 1.82) is 0 Å². The van der Waals surface area contributed by atoms with Gasteiger partial charge in [-0.2, -0.15) is 0 Å². The number of fused-ring (bicyclic) bond motifs is 1. The van der Waals surface area contributed by atoms with Crippen molar-refractivity contribution in [3.63, 3.8) is 0 Å². The number of hydrogen-bond acceptors (Lipinski definition) is 4. The molecule has 0 saturated heterocycles. The molecule has 0 spiro atoms. The Balaban J connectivity index is 1.87. The van der Waals surface area contributed by atoms with Crippen molar-refractivity contribution in [1.82, 2.24) is 15.3 Å². The van der Waals surface area contributed by atoms with Crippen molar-refractivity contribution >= 4 is 21.6 Å². The van der Waals surface area contributed by atoms with Crippen LogP contribution in [0.25, 0.3) is 10.2 Å². The summed E-state index contributed by atoms with van der Waals surface area (Å²) in [5, 5.41) is 4.72. The van der Waals surface area contributed by atoms with Gasteiger partial charge in [0.2, 0.25) is 0 Å². The van der Waals surface area contributed by atoms with Crippen LogP contribution in [-0.2, 0) is 6.42 Å². The van der Waals surface area contributed by atoms with E-state index in [2.05, 4.69) is 48.4 Å². The summed E-state index contributed by atoms with van der Waals surface area (Å²) in [6, 6.07) is 10.8. The molecule has 1 atom stereocenters. The van der Waals surface area contributed by atoms with Crippen LogP contribution in [0.5, 0.6) is 0 Å². The quantitative estimate of drug-likeness (QED) is 0.776. The Hall–Kier alpha value is -1.78. The summed E-state index contributed by atoms with van der Waals surface area (Å²) in [6.07, 6.45) is 4.75. The highest BCUT2D eigenvalue weighted by Crippen LogP contribution is 2.26. The fourth-order valence-corrected chi connectivity index (χ4v) is 3.52. The van der Waals surface area contributed by atoms with Gasteiger partial charge in [-0.3, -0.25) is 4.98 Å². The van der Waals surface area contributed by atoms with Gasteiger partial charge in [0.05, 0.1) is 15.2 Å². The zero-order valence-corrected chi connectivity index (χ0v) is 13.2. The van der Waals surface area contributed by atoms with E-state index in [0.717, 1.165) is 18.5 Å². The Bertz CT molecular complexity index is 702. The SMILES string of the molecule is CCNC(Cc1nc2ccccc2s1)c1cncc(C)c1. The Labute approximate surface area is 129 Å². The number of hydrogen-bond donors (Lipinski definition) is 1. The number of aromatic nitrogens is 2. The monoisotopic (exact) mass is 297 g/mol. The smallest absolute Gasteiger partial charge is 0.0957 e. The number of para-hydroxylation sites is 1. The number of thiazole rings is 1. The minimum Gasteiger partial charge on any atom is -0.310 e. The number of nitrogens with zero attached hydrogens (tertiary/aromatic N) is 2. The van der Waals surface area contributed by atoms with E-state index in [1.807, 2.05) is 18.5 Å². The lowest BCUT2D eigenvalue weighted by atomic mass is 10.0. The molecule has 4 heteroatoms. The first-order valence-corrected chi connectivity index (χ1v) is 8.07. The molecule has 0 saturated carbocycles. The molecule has 21 heavy (non-hydrogen) atoms. The molecule has 1 unspecified atom stereocenters. The van der Waals surface area contributed by atoms with E-state index >= 15 is 0 Å². The van der Waals surface area contributed by atoms with Crippen LogP contribution in [0, 0.1) is 6.92 Å². The summed E-state index contributed by atoms with van der Waals surface area (Å²) < 4.78 is 1.25. The lowest BCUT2D eigenvalue weighted by molar-refractivity contribution is 0.547. The first-order chi connectivity index (χ1) is 10.3. The predicted molar refractivity (Wildman–Crippen MR) is 88.7 cm³/mol. The Kier molecular flexibility index (Phi) is 4.27. The minimum atomic E-state index is 0.267. The maximum Gasteiger partial charge on any atom is 0.0957 e. The van der Waals surface area contributed by atoms with Gasteiger partial charge in [-0.1, -0.05) is 25.1 Å². The van der Waals surface area contributed by atoms with Crippen LogP contribution < -0.4 is 5.32 Å². The molecule has 1 N–H and O–H groups in total. The van der Waals surface area contributed by atoms with Crippen LogP contribution in [0.1, 0.15) is 29.1 Å². The maximum absolute atomic E-state index is 4.74. The molecule has 0 aliphatic rings. The number of pyridine rings is 1. The molecule has 0 aliphatic carbocycles. The summed E-state index contributed by atoms with van der Waals surface area (Å²) in [7, 11) is 0. The van der Waals surface area contributed by atoms with Crippen molar-refractivity contribution in [3.05, 3.63) is 58.9 Å². The van der Waals surface area contributed by atoms with Gasteiger partial charge in [0, 0.05) is 24.9 Å². The number of benzene rings is 1. The molecule has 1 aromatic carbocycles. The van der Waals surface area contributed by atoms with Gasteiger partial charge in [-0.05, 0) is 36.7 Å².